The lowest BCUT2D eigenvalue weighted by molar-refractivity contribution is -0.122. The van der Waals surface area contributed by atoms with Gasteiger partial charge in [0.1, 0.15) is 0 Å². The van der Waals surface area contributed by atoms with E-state index in [1.807, 2.05) is 41.3 Å². The Morgan fingerprint density at radius 3 is 2.65 bits per heavy atom. The second-order valence-corrected chi connectivity index (χ2v) is 9.56. The number of nitrogens with one attached hydrogen (secondary N) is 1. The fourth-order valence-electron chi connectivity index (χ4n) is 4.33. The number of para-hydroxylation sites is 1. The number of amides is 2. The summed E-state index contributed by atoms with van der Waals surface area (Å²) in [5.41, 5.74) is 3.01. The molecule has 2 aromatic rings. The Morgan fingerprint density at radius 1 is 1.03 bits per heavy atom. The standard InChI is InChI=1S/C25H31N3O2S/c1-19-6-4-5-15-27(19)18-20-9-11-21(12-10-20)26-24(29)13-14-25(30)28-16-17-31-23-8-3-2-7-22(23)28/h2-3,7-12,19H,4-6,13-18H2,1H3,(H,26,29). The normalized spacial score (nSPS) is 19.0. The van der Waals surface area contributed by atoms with Gasteiger partial charge in [0.05, 0.1) is 5.69 Å². The Hall–Kier alpha value is -2.31. The Bertz CT molecular complexity index is 915. The zero-order valence-electron chi connectivity index (χ0n) is 18.2. The summed E-state index contributed by atoms with van der Waals surface area (Å²) in [6.07, 6.45) is 4.29. The summed E-state index contributed by atoms with van der Waals surface area (Å²) >= 11 is 1.77. The highest BCUT2D eigenvalue weighted by Crippen LogP contribution is 2.34. The van der Waals surface area contributed by atoms with Crippen molar-refractivity contribution in [1.29, 1.82) is 0 Å². The lowest BCUT2D eigenvalue weighted by Gasteiger charge is -2.33. The van der Waals surface area contributed by atoms with Crippen LogP contribution in [0.1, 0.15) is 44.6 Å². The number of benzene rings is 2. The van der Waals surface area contributed by atoms with Crippen LogP contribution in [-0.2, 0) is 16.1 Å². The van der Waals surface area contributed by atoms with Gasteiger partial charge >= 0.3 is 0 Å². The van der Waals surface area contributed by atoms with Crippen LogP contribution in [0.25, 0.3) is 0 Å². The fraction of sp³-hybridized carbons (Fsp3) is 0.440. The van der Waals surface area contributed by atoms with Crippen molar-refractivity contribution < 1.29 is 9.59 Å². The van der Waals surface area contributed by atoms with E-state index < -0.39 is 0 Å². The van der Waals surface area contributed by atoms with Gasteiger partial charge < -0.3 is 10.2 Å². The molecule has 2 amide bonds. The summed E-state index contributed by atoms with van der Waals surface area (Å²) in [5, 5.41) is 2.93. The van der Waals surface area contributed by atoms with Crippen molar-refractivity contribution in [3.63, 3.8) is 0 Å². The minimum absolute atomic E-state index is 0.00824. The van der Waals surface area contributed by atoms with Gasteiger partial charge in [-0.05, 0) is 56.1 Å². The van der Waals surface area contributed by atoms with Gasteiger partial charge in [0.15, 0.2) is 0 Å². The van der Waals surface area contributed by atoms with Gasteiger partial charge in [-0.25, -0.2) is 0 Å². The zero-order chi connectivity index (χ0) is 21.6. The van der Waals surface area contributed by atoms with Crippen molar-refractivity contribution >= 4 is 35.0 Å². The second kappa shape index (κ2) is 10.3. The molecule has 5 nitrogen and oxygen atoms in total. The molecule has 164 valence electrons. The number of fused-ring (bicyclic) bond motifs is 1. The van der Waals surface area contributed by atoms with Gasteiger partial charge in [-0.2, -0.15) is 0 Å². The van der Waals surface area contributed by atoms with Gasteiger partial charge in [-0.1, -0.05) is 30.7 Å². The highest BCUT2D eigenvalue weighted by atomic mass is 32.2. The molecular weight excluding hydrogens is 406 g/mol. The van der Waals surface area contributed by atoms with E-state index >= 15 is 0 Å². The van der Waals surface area contributed by atoms with Crippen molar-refractivity contribution in [3.05, 3.63) is 54.1 Å². The summed E-state index contributed by atoms with van der Waals surface area (Å²) in [4.78, 5) is 30.6. The molecule has 1 saturated heterocycles. The third-order valence-corrected chi connectivity index (χ3v) is 7.20. The monoisotopic (exact) mass is 437 g/mol. The molecule has 0 bridgehead atoms. The van der Waals surface area contributed by atoms with Crippen molar-refractivity contribution in [3.8, 4) is 0 Å². The molecule has 6 heteroatoms. The lowest BCUT2D eigenvalue weighted by atomic mass is 10.0. The summed E-state index contributed by atoms with van der Waals surface area (Å²) in [7, 11) is 0. The Morgan fingerprint density at radius 2 is 1.84 bits per heavy atom. The number of thioether (sulfide) groups is 1. The molecule has 2 aromatic carbocycles. The van der Waals surface area contributed by atoms with E-state index in [-0.39, 0.29) is 24.7 Å². The second-order valence-electron chi connectivity index (χ2n) is 8.42. The molecule has 0 radical (unpaired) electrons. The number of nitrogens with zero attached hydrogens (tertiary/aromatic N) is 2. The van der Waals surface area contributed by atoms with E-state index in [1.165, 1.54) is 24.8 Å². The van der Waals surface area contributed by atoms with Crippen LogP contribution in [0.3, 0.4) is 0 Å². The van der Waals surface area contributed by atoms with Gasteiger partial charge in [0, 0.05) is 48.3 Å². The van der Waals surface area contributed by atoms with E-state index in [9.17, 15) is 9.59 Å². The number of likely N-dealkylation sites (tertiary alicyclic amines) is 1. The number of hydrogen-bond acceptors (Lipinski definition) is 4. The summed E-state index contributed by atoms with van der Waals surface area (Å²) < 4.78 is 0. The molecular formula is C25H31N3O2S. The van der Waals surface area contributed by atoms with E-state index in [4.69, 9.17) is 0 Å². The molecule has 2 aliphatic rings. The third kappa shape index (κ3) is 5.69. The van der Waals surface area contributed by atoms with Crippen molar-refractivity contribution in [2.45, 2.75) is 56.5 Å². The molecule has 1 unspecified atom stereocenters. The Kier molecular flexibility index (Phi) is 7.30. The van der Waals surface area contributed by atoms with E-state index in [1.54, 1.807) is 11.8 Å². The van der Waals surface area contributed by atoms with E-state index in [2.05, 4.69) is 29.3 Å². The molecule has 2 heterocycles. The number of carbonyl (C=O) groups excluding carboxylic acids is 2. The Labute approximate surface area is 189 Å². The minimum Gasteiger partial charge on any atom is -0.326 e. The van der Waals surface area contributed by atoms with Gasteiger partial charge in [-0.15, -0.1) is 11.8 Å². The highest BCUT2D eigenvalue weighted by molar-refractivity contribution is 7.99. The smallest absolute Gasteiger partial charge is 0.227 e. The molecule has 0 spiro atoms. The van der Waals surface area contributed by atoms with Crippen molar-refractivity contribution in [1.82, 2.24) is 4.90 Å². The first-order valence-electron chi connectivity index (χ1n) is 11.3. The summed E-state index contributed by atoms with van der Waals surface area (Å²) in [6.45, 7) is 5.11. The first kappa shape index (κ1) is 21.9. The number of anilines is 2. The predicted molar refractivity (Wildman–Crippen MR) is 128 cm³/mol. The van der Waals surface area contributed by atoms with E-state index in [0.29, 0.717) is 12.6 Å². The fourth-order valence-corrected chi connectivity index (χ4v) is 5.32. The van der Waals surface area contributed by atoms with Crippen LogP contribution in [0.2, 0.25) is 0 Å². The molecule has 1 fully saturated rings. The van der Waals surface area contributed by atoms with Crippen LogP contribution in [0.4, 0.5) is 11.4 Å². The van der Waals surface area contributed by atoms with Crippen LogP contribution < -0.4 is 10.2 Å². The maximum atomic E-state index is 12.7. The number of piperidine rings is 1. The lowest BCUT2D eigenvalue weighted by Crippen LogP contribution is -2.36. The predicted octanol–water partition coefficient (Wildman–Crippen LogP) is 4.92. The van der Waals surface area contributed by atoms with Gasteiger partial charge in [0.2, 0.25) is 11.8 Å². The summed E-state index contributed by atoms with van der Waals surface area (Å²) in [6, 6.07) is 16.7. The van der Waals surface area contributed by atoms with Crippen molar-refractivity contribution in [2.24, 2.45) is 0 Å². The molecule has 0 aliphatic carbocycles. The van der Waals surface area contributed by atoms with Crippen LogP contribution in [0.5, 0.6) is 0 Å². The largest absolute Gasteiger partial charge is 0.326 e. The molecule has 31 heavy (non-hydrogen) atoms. The van der Waals surface area contributed by atoms with Crippen LogP contribution in [0, 0.1) is 0 Å². The quantitative estimate of drug-likeness (QED) is 0.697. The van der Waals surface area contributed by atoms with Crippen molar-refractivity contribution in [2.75, 3.05) is 29.1 Å². The average molecular weight is 438 g/mol. The highest BCUT2D eigenvalue weighted by Gasteiger charge is 2.23. The molecule has 0 saturated carbocycles. The first-order valence-corrected chi connectivity index (χ1v) is 12.2. The third-order valence-electron chi connectivity index (χ3n) is 6.16. The van der Waals surface area contributed by atoms with Gasteiger partial charge in [-0.3, -0.25) is 14.5 Å². The molecule has 0 aromatic heterocycles. The molecule has 1 N–H and O–H groups in total. The number of rotatable bonds is 6. The van der Waals surface area contributed by atoms with Crippen LogP contribution in [-0.4, -0.2) is 41.6 Å². The van der Waals surface area contributed by atoms with Crippen LogP contribution >= 0.6 is 11.8 Å². The van der Waals surface area contributed by atoms with E-state index in [0.717, 1.165) is 35.1 Å². The van der Waals surface area contributed by atoms with Crippen LogP contribution in [0.15, 0.2) is 53.4 Å². The van der Waals surface area contributed by atoms with Gasteiger partial charge in [0.25, 0.3) is 0 Å². The maximum absolute atomic E-state index is 12.7. The topological polar surface area (TPSA) is 52.7 Å². The Balaban J connectivity index is 1.26. The molecule has 1 atom stereocenters. The number of carbonyl (C=O) groups is 2. The summed E-state index contributed by atoms with van der Waals surface area (Å²) in [5.74, 6) is 0.775. The molecule has 2 aliphatic heterocycles. The first-order chi connectivity index (χ1) is 15.1. The average Bonchev–Trinajstić information content (AvgIpc) is 2.80. The maximum Gasteiger partial charge on any atom is 0.227 e. The number of hydrogen-bond donors (Lipinski definition) is 1. The molecule has 4 rings (SSSR count). The minimum atomic E-state index is -0.120. The SMILES string of the molecule is CC1CCCCN1Cc1ccc(NC(=O)CCC(=O)N2CCSc3ccccc32)cc1. The zero-order valence-corrected chi connectivity index (χ0v) is 19.0.